The molecule has 0 spiro atoms. The second-order valence-corrected chi connectivity index (χ2v) is 9.81. The highest BCUT2D eigenvalue weighted by Crippen LogP contribution is 2.49. The second-order valence-electron chi connectivity index (χ2n) is 9.81. The van der Waals surface area contributed by atoms with Crippen LogP contribution in [-0.2, 0) is 14.9 Å². The van der Waals surface area contributed by atoms with Crippen LogP contribution in [0.1, 0.15) is 44.2 Å². The van der Waals surface area contributed by atoms with Gasteiger partial charge in [-0.3, -0.25) is 4.79 Å². The third kappa shape index (κ3) is 4.57. The van der Waals surface area contributed by atoms with Crippen LogP contribution in [0.3, 0.4) is 0 Å². The van der Waals surface area contributed by atoms with Gasteiger partial charge >= 0.3 is 6.03 Å². The summed E-state index contributed by atoms with van der Waals surface area (Å²) in [5.41, 5.74) is 1.81. The minimum atomic E-state index is -0.552. The van der Waals surface area contributed by atoms with Crippen LogP contribution in [0.5, 0.6) is 0 Å². The number of aromatic nitrogens is 2. The van der Waals surface area contributed by atoms with E-state index in [1.54, 1.807) is 0 Å². The molecule has 34 heavy (non-hydrogen) atoms. The lowest BCUT2D eigenvalue weighted by Gasteiger charge is -2.29. The molecule has 3 aliphatic carbocycles. The standard InChI is InChI=1S/C25H30N6O3/c32-23(26-17-5-6-17)25(9-10-25)20-15-21(31-11-13-34-14-12-31)30-22(29-20)16-1-3-18(4-2-16)27-24(33)28-19-7-8-19/h1-4,15,17,19H,5-14H2,(H,26,32)(H2,27,28,33). The highest BCUT2D eigenvalue weighted by atomic mass is 16.5. The quantitative estimate of drug-likeness (QED) is 0.584. The fourth-order valence-electron chi connectivity index (χ4n) is 4.32. The van der Waals surface area contributed by atoms with Crippen molar-refractivity contribution in [2.75, 3.05) is 36.5 Å². The van der Waals surface area contributed by atoms with Crippen molar-refractivity contribution in [1.82, 2.24) is 20.6 Å². The third-order valence-electron chi connectivity index (χ3n) is 6.95. The van der Waals surface area contributed by atoms with Gasteiger partial charge in [-0.25, -0.2) is 14.8 Å². The fourth-order valence-corrected chi connectivity index (χ4v) is 4.32. The zero-order valence-corrected chi connectivity index (χ0v) is 19.2. The van der Waals surface area contributed by atoms with Gasteiger partial charge < -0.3 is 25.6 Å². The summed E-state index contributed by atoms with van der Waals surface area (Å²) in [5, 5.41) is 8.98. The number of anilines is 2. The number of hydrogen-bond donors (Lipinski definition) is 3. The first-order chi connectivity index (χ1) is 16.6. The maximum atomic E-state index is 13.1. The molecule has 0 atom stereocenters. The van der Waals surface area contributed by atoms with Gasteiger partial charge in [0.25, 0.3) is 0 Å². The highest BCUT2D eigenvalue weighted by molar-refractivity contribution is 5.92. The lowest BCUT2D eigenvalue weighted by molar-refractivity contribution is -0.123. The molecule has 4 aliphatic rings. The molecule has 0 radical (unpaired) electrons. The van der Waals surface area contributed by atoms with Crippen LogP contribution in [0.2, 0.25) is 0 Å². The number of morpholine rings is 1. The van der Waals surface area contributed by atoms with E-state index in [1.807, 2.05) is 30.3 Å². The molecule has 3 amide bonds. The molecule has 0 unspecified atom stereocenters. The van der Waals surface area contributed by atoms with E-state index in [9.17, 15) is 9.59 Å². The minimum Gasteiger partial charge on any atom is -0.378 e. The topological polar surface area (TPSA) is 108 Å². The Morgan fingerprint density at radius 2 is 1.62 bits per heavy atom. The molecule has 9 heteroatoms. The number of nitrogens with one attached hydrogen (secondary N) is 3. The Bertz CT molecular complexity index is 1090. The van der Waals surface area contributed by atoms with Crippen molar-refractivity contribution in [1.29, 1.82) is 0 Å². The summed E-state index contributed by atoms with van der Waals surface area (Å²) in [7, 11) is 0. The third-order valence-corrected chi connectivity index (χ3v) is 6.95. The molecule has 1 aromatic carbocycles. The van der Waals surface area contributed by atoms with Crippen LogP contribution in [0.25, 0.3) is 11.4 Å². The lowest BCUT2D eigenvalue weighted by Crippen LogP contribution is -2.38. The molecule has 1 aliphatic heterocycles. The molecule has 0 bridgehead atoms. The number of ether oxygens (including phenoxy) is 1. The van der Waals surface area contributed by atoms with E-state index in [0.29, 0.717) is 36.8 Å². The first-order valence-corrected chi connectivity index (χ1v) is 12.3. The van der Waals surface area contributed by atoms with E-state index < -0.39 is 5.41 Å². The first-order valence-electron chi connectivity index (χ1n) is 12.3. The SMILES string of the molecule is O=C(Nc1ccc(-c2nc(N3CCOCC3)cc(C3(C(=O)NC4CC4)CC3)n2)cc1)NC1CC1. The Morgan fingerprint density at radius 1 is 0.941 bits per heavy atom. The van der Waals surface area contributed by atoms with Gasteiger partial charge in [-0.15, -0.1) is 0 Å². The van der Waals surface area contributed by atoms with Crippen LogP contribution in [-0.4, -0.2) is 60.3 Å². The number of amides is 3. The van der Waals surface area contributed by atoms with Crippen molar-refractivity contribution < 1.29 is 14.3 Å². The van der Waals surface area contributed by atoms with Crippen molar-refractivity contribution in [2.45, 2.75) is 56.0 Å². The molecule has 2 heterocycles. The molecule has 2 aromatic rings. The monoisotopic (exact) mass is 462 g/mol. The van der Waals surface area contributed by atoms with Crippen LogP contribution in [0, 0.1) is 0 Å². The number of rotatable bonds is 7. The summed E-state index contributed by atoms with van der Waals surface area (Å²) in [5.74, 6) is 1.52. The van der Waals surface area contributed by atoms with Crippen molar-refractivity contribution in [3.63, 3.8) is 0 Å². The summed E-state index contributed by atoms with van der Waals surface area (Å²) in [6.07, 6.45) is 5.84. The number of carbonyl (C=O) groups excluding carboxylic acids is 2. The first kappa shape index (κ1) is 21.3. The van der Waals surface area contributed by atoms with Crippen molar-refractivity contribution in [3.8, 4) is 11.4 Å². The van der Waals surface area contributed by atoms with Gasteiger partial charge in [0.05, 0.1) is 24.3 Å². The predicted molar refractivity (Wildman–Crippen MR) is 128 cm³/mol. The summed E-state index contributed by atoms with van der Waals surface area (Å²) in [6.45, 7) is 2.84. The van der Waals surface area contributed by atoms with E-state index in [4.69, 9.17) is 14.7 Å². The number of benzene rings is 1. The molecule has 178 valence electrons. The molecular formula is C25H30N6O3. The summed E-state index contributed by atoms with van der Waals surface area (Å²) in [4.78, 5) is 37.1. The van der Waals surface area contributed by atoms with Gasteiger partial charge in [0.1, 0.15) is 5.82 Å². The molecule has 1 aromatic heterocycles. The Hall–Kier alpha value is -3.20. The van der Waals surface area contributed by atoms with Crippen LogP contribution in [0.4, 0.5) is 16.3 Å². The van der Waals surface area contributed by atoms with Crippen LogP contribution < -0.4 is 20.9 Å². The zero-order chi connectivity index (χ0) is 23.1. The van der Waals surface area contributed by atoms with Crippen molar-refractivity contribution in [2.24, 2.45) is 0 Å². The van der Waals surface area contributed by atoms with Crippen LogP contribution >= 0.6 is 0 Å². The zero-order valence-electron chi connectivity index (χ0n) is 19.2. The van der Waals surface area contributed by atoms with Crippen molar-refractivity contribution in [3.05, 3.63) is 36.0 Å². The average Bonchev–Trinajstić information content (AvgIpc) is 3.70. The largest absolute Gasteiger partial charge is 0.378 e. The molecule has 4 fully saturated rings. The van der Waals surface area contributed by atoms with E-state index in [0.717, 1.165) is 68.7 Å². The Kier molecular flexibility index (Phi) is 5.36. The minimum absolute atomic E-state index is 0.0915. The Morgan fingerprint density at radius 3 is 2.26 bits per heavy atom. The smallest absolute Gasteiger partial charge is 0.319 e. The second kappa shape index (κ2) is 8.54. The summed E-state index contributed by atoms with van der Waals surface area (Å²) < 4.78 is 5.52. The van der Waals surface area contributed by atoms with Gasteiger partial charge in [-0.2, -0.15) is 0 Å². The Labute approximate surface area is 198 Å². The van der Waals surface area contributed by atoms with Gasteiger partial charge in [0.15, 0.2) is 5.82 Å². The number of hydrogen-bond acceptors (Lipinski definition) is 6. The number of nitrogens with zero attached hydrogens (tertiary/aromatic N) is 3. The van der Waals surface area contributed by atoms with Crippen molar-refractivity contribution >= 4 is 23.4 Å². The molecule has 1 saturated heterocycles. The van der Waals surface area contributed by atoms with E-state index >= 15 is 0 Å². The lowest BCUT2D eigenvalue weighted by atomic mass is 10.00. The summed E-state index contributed by atoms with van der Waals surface area (Å²) >= 11 is 0. The summed E-state index contributed by atoms with van der Waals surface area (Å²) in [6, 6.07) is 9.99. The molecule has 9 nitrogen and oxygen atoms in total. The Balaban J connectivity index is 1.28. The normalized spacial score (nSPS) is 21.0. The van der Waals surface area contributed by atoms with E-state index in [1.165, 1.54) is 0 Å². The molecule has 6 rings (SSSR count). The molecule has 3 N–H and O–H groups in total. The van der Waals surface area contributed by atoms with Gasteiger partial charge in [-0.1, -0.05) is 0 Å². The fraction of sp³-hybridized carbons (Fsp3) is 0.520. The maximum absolute atomic E-state index is 13.1. The average molecular weight is 463 g/mol. The van der Waals surface area contributed by atoms with E-state index in [-0.39, 0.29) is 11.9 Å². The highest BCUT2D eigenvalue weighted by Gasteiger charge is 2.54. The maximum Gasteiger partial charge on any atom is 0.319 e. The predicted octanol–water partition coefficient (Wildman–Crippen LogP) is 2.57. The van der Waals surface area contributed by atoms with E-state index in [2.05, 4.69) is 20.9 Å². The number of carbonyl (C=O) groups is 2. The molecule has 3 saturated carbocycles. The van der Waals surface area contributed by atoms with Gasteiger partial charge in [0.2, 0.25) is 5.91 Å². The number of urea groups is 1. The van der Waals surface area contributed by atoms with Gasteiger partial charge in [-0.05, 0) is 62.8 Å². The van der Waals surface area contributed by atoms with Crippen LogP contribution in [0.15, 0.2) is 30.3 Å². The molecular weight excluding hydrogens is 432 g/mol. The van der Waals surface area contributed by atoms with Gasteiger partial charge in [0, 0.05) is 42.5 Å².